The first-order chi connectivity index (χ1) is 18.6. The molecule has 0 saturated heterocycles. The van der Waals surface area contributed by atoms with Gasteiger partial charge in [0, 0.05) is 36.4 Å². The number of unbranched alkanes of at least 4 members (excludes halogenated alkanes) is 2. The normalized spacial score (nSPS) is 10.8. The molecule has 0 saturated carbocycles. The molecule has 196 valence electrons. The van der Waals surface area contributed by atoms with E-state index in [0.717, 1.165) is 35.1 Å². The summed E-state index contributed by atoms with van der Waals surface area (Å²) in [6.45, 7) is 4.40. The maximum atomic E-state index is 12.8. The Kier molecular flexibility index (Phi) is 10.0. The van der Waals surface area contributed by atoms with Crippen molar-refractivity contribution in [3.8, 4) is 11.8 Å². The van der Waals surface area contributed by atoms with Crippen LogP contribution in [0.1, 0.15) is 72.9 Å². The Labute approximate surface area is 225 Å². The van der Waals surface area contributed by atoms with Crippen molar-refractivity contribution in [2.24, 2.45) is 0 Å². The third-order valence-corrected chi connectivity index (χ3v) is 6.53. The first-order valence-electron chi connectivity index (χ1n) is 13.6. The van der Waals surface area contributed by atoms with Crippen LogP contribution in [0.3, 0.4) is 0 Å². The van der Waals surface area contributed by atoms with E-state index in [0.29, 0.717) is 12.8 Å². The van der Waals surface area contributed by atoms with Crippen molar-refractivity contribution in [2.45, 2.75) is 65.2 Å². The minimum Gasteiger partial charge on any atom is -0.375 e. The van der Waals surface area contributed by atoms with Gasteiger partial charge < -0.3 is 9.47 Å². The highest BCUT2D eigenvalue weighted by atomic mass is 16.7. The van der Waals surface area contributed by atoms with Crippen LogP contribution >= 0.6 is 0 Å². The molecule has 0 spiro atoms. The lowest BCUT2D eigenvalue weighted by atomic mass is 10.0. The Balaban J connectivity index is 1.40. The van der Waals surface area contributed by atoms with Crippen LogP contribution < -0.4 is 9.47 Å². The Morgan fingerprint density at radius 1 is 0.605 bits per heavy atom. The highest BCUT2D eigenvalue weighted by molar-refractivity contribution is 5.67. The van der Waals surface area contributed by atoms with E-state index in [9.17, 15) is 4.79 Å². The number of pyridine rings is 2. The molecule has 2 aromatic heterocycles. The maximum absolute atomic E-state index is 12.8. The average molecular weight is 509 g/mol. The fourth-order valence-electron chi connectivity index (χ4n) is 4.33. The van der Waals surface area contributed by atoms with E-state index in [1.54, 1.807) is 12.4 Å². The van der Waals surface area contributed by atoms with Gasteiger partial charge in [0.25, 0.3) is 0 Å². The monoisotopic (exact) mass is 508 g/mol. The van der Waals surface area contributed by atoms with Gasteiger partial charge in [0.15, 0.2) is 0 Å². The van der Waals surface area contributed by atoms with E-state index in [1.165, 1.54) is 36.8 Å². The fourth-order valence-corrected chi connectivity index (χ4v) is 4.33. The summed E-state index contributed by atoms with van der Waals surface area (Å²) in [5.41, 5.74) is 6.56. The highest BCUT2D eigenvalue weighted by Crippen LogP contribution is 2.23. The van der Waals surface area contributed by atoms with Gasteiger partial charge in [-0.2, -0.15) is 0 Å². The van der Waals surface area contributed by atoms with Crippen molar-refractivity contribution in [2.75, 3.05) is 0 Å². The van der Waals surface area contributed by atoms with Crippen LogP contribution in [0.15, 0.2) is 85.2 Å². The third kappa shape index (κ3) is 8.01. The van der Waals surface area contributed by atoms with E-state index >= 15 is 0 Å². The molecular formula is C33H36N2O3. The van der Waals surface area contributed by atoms with E-state index in [1.807, 2.05) is 24.3 Å². The van der Waals surface area contributed by atoms with Crippen LogP contribution in [-0.4, -0.2) is 16.1 Å². The summed E-state index contributed by atoms with van der Waals surface area (Å²) in [5.74, 6) is 0.486. The molecule has 0 radical (unpaired) electrons. The predicted molar refractivity (Wildman–Crippen MR) is 151 cm³/mol. The number of carbonyl (C=O) groups is 1. The van der Waals surface area contributed by atoms with Gasteiger partial charge in [0.1, 0.15) is 0 Å². The molecule has 4 rings (SSSR count). The standard InChI is InChI=1S/C33H36N2O3/c1-3-5-9-25-13-17-27(18-14-25)23-29-11-7-21-34-31(29)37-33(36)38-32-30(12-8-22-35-32)24-28-19-15-26(16-20-28)10-6-4-2/h7-8,11-22H,3-6,9-10,23-24H2,1-2H3. The van der Waals surface area contributed by atoms with Gasteiger partial charge in [-0.1, -0.05) is 87.4 Å². The van der Waals surface area contributed by atoms with Gasteiger partial charge >= 0.3 is 6.16 Å². The quantitative estimate of drug-likeness (QED) is 0.182. The molecule has 0 amide bonds. The van der Waals surface area contributed by atoms with E-state index in [-0.39, 0.29) is 11.8 Å². The second-order valence-corrected chi connectivity index (χ2v) is 9.58. The molecule has 0 aliphatic heterocycles. The zero-order valence-electron chi connectivity index (χ0n) is 22.4. The van der Waals surface area contributed by atoms with Crippen molar-refractivity contribution in [3.05, 3.63) is 119 Å². The van der Waals surface area contributed by atoms with E-state index in [4.69, 9.17) is 9.47 Å². The Morgan fingerprint density at radius 3 is 1.39 bits per heavy atom. The molecule has 5 nitrogen and oxygen atoms in total. The fraction of sp³-hybridized carbons (Fsp3) is 0.303. The largest absolute Gasteiger partial charge is 0.522 e. The van der Waals surface area contributed by atoms with Gasteiger partial charge in [-0.05, 0) is 60.1 Å². The summed E-state index contributed by atoms with van der Waals surface area (Å²) in [5, 5.41) is 0. The van der Waals surface area contributed by atoms with Crippen LogP contribution in [0.25, 0.3) is 0 Å². The number of hydrogen-bond acceptors (Lipinski definition) is 5. The zero-order chi connectivity index (χ0) is 26.6. The van der Waals surface area contributed by atoms with Crippen molar-refractivity contribution < 1.29 is 14.3 Å². The lowest BCUT2D eigenvalue weighted by Crippen LogP contribution is -2.17. The summed E-state index contributed by atoms with van der Waals surface area (Å²) < 4.78 is 11.1. The number of aryl methyl sites for hydroxylation is 2. The van der Waals surface area contributed by atoms with Crippen molar-refractivity contribution in [1.29, 1.82) is 0 Å². The Bertz CT molecular complexity index is 1200. The molecule has 5 heteroatoms. The Hall–Kier alpha value is -3.99. The maximum Gasteiger partial charge on any atom is 0.522 e. The second-order valence-electron chi connectivity index (χ2n) is 9.58. The minimum atomic E-state index is -0.852. The molecule has 38 heavy (non-hydrogen) atoms. The van der Waals surface area contributed by atoms with Gasteiger partial charge in [0.05, 0.1) is 0 Å². The van der Waals surface area contributed by atoms with Gasteiger partial charge in [-0.25, -0.2) is 14.8 Å². The smallest absolute Gasteiger partial charge is 0.375 e. The van der Waals surface area contributed by atoms with Gasteiger partial charge in [-0.3, -0.25) is 0 Å². The van der Waals surface area contributed by atoms with Crippen LogP contribution in [0.5, 0.6) is 11.8 Å². The summed E-state index contributed by atoms with van der Waals surface area (Å²) in [4.78, 5) is 21.3. The summed E-state index contributed by atoms with van der Waals surface area (Å²) in [6, 6.07) is 24.7. The first kappa shape index (κ1) is 27.1. The summed E-state index contributed by atoms with van der Waals surface area (Å²) in [7, 11) is 0. The predicted octanol–water partition coefficient (Wildman–Crippen LogP) is 7.92. The van der Waals surface area contributed by atoms with Crippen LogP contribution in [0.4, 0.5) is 4.79 Å². The molecule has 2 heterocycles. The van der Waals surface area contributed by atoms with Crippen LogP contribution in [0, 0.1) is 0 Å². The van der Waals surface area contributed by atoms with Crippen molar-refractivity contribution in [1.82, 2.24) is 9.97 Å². The highest BCUT2D eigenvalue weighted by Gasteiger charge is 2.16. The Morgan fingerprint density at radius 2 is 1.00 bits per heavy atom. The third-order valence-electron chi connectivity index (χ3n) is 6.53. The molecule has 2 aromatic carbocycles. The molecule has 0 aliphatic rings. The van der Waals surface area contributed by atoms with E-state index in [2.05, 4.69) is 72.3 Å². The van der Waals surface area contributed by atoms with E-state index < -0.39 is 6.16 Å². The van der Waals surface area contributed by atoms with Crippen molar-refractivity contribution >= 4 is 6.16 Å². The molecular weight excluding hydrogens is 472 g/mol. The lowest BCUT2D eigenvalue weighted by Gasteiger charge is -2.11. The molecule has 0 atom stereocenters. The molecule has 4 aromatic rings. The number of nitrogens with zero attached hydrogens (tertiary/aromatic N) is 2. The molecule has 0 aliphatic carbocycles. The number of carbonyl (C=O) groups excluding carboxylic acids is 1. The number of benzene rings is 2. The lowest BCUT2D eigenvalue weighted by molar-refractivity contribution is 0.147. The molecule has 0 N–H and O–H groups in total. The minimum absolute atomic E-state index is 0.243. The average Bonchev–Trinajstić information content (AvgIpc) is 2.94. The zero-order valence-corrected chi connectivity index (χ0v) is 22.4. The SMILES string of the molecule is CCCCc1ccc(Cc2cccnc2OC(=O)Oc2ncccc2Cc2ccc(CCCC)cc2)cc1. The molecule has 0 unspecified atom stereocenters. The molecule has 0 fully saturated rings. The van der Waals surface area contributed by atoms with Gasteiger partial charge in [-0.15, -0.1) is 0 Å². The van der Waals surface area contributed by atoms with Crippen molar-refractivity contribution in [3.63, 3.8) is 0 Å². The summed E-state index contributed by atoms with van der Waals surface area (Å²) >= 11 is 0. The van der Waals surface area contributed by atoms with Gasteiger partial charge in [0.2, 0.25) is 11.8 Å². The second kappa shape index (κ2) is 14.1. The first-order valence-corrected chi connectivity index (χ1v) is 13.6. The topological polar surface area (TPSA) is 61.3 Å². The van der Waals surface area contributed by atoms with Crippen LogP contribution in [0.2, 0.25) is 0 Å². The summed E-state index contributed by atoms with van der Waals surface area (Å²) in [6.07, 6.45) is 10.5. The molecule has 0 bridgehead atoms. The number of rotatable bonds is 12. The number of aromatic nitrogens is 2. The van der Waals surface area contributed by atoms with Crippen LogP contribution in [-0.2, 0) is 25.7 Å². The number of hydrogen-bond donors (Lipinski definition) is 0. The number of ether oxygens (including phenoxy) is 2.